The van der Waals surface area contributed by atoms with Gasteiger partial charge in [-0.15, -0.1) is 0 Å². The Kier molecular flexibility index (Phi) is 2.30. The zero-order valence-electron chi connectivity index (χ0n) is 8.14. The maximum absolute atomic E-state index is 12.2. The average molecular weight is 204 g/mol. The second-order valence-corrected chi connectivity index (χ2v) is 7.01. The molecule has 76 valence electrons. The van der Waals surface area contributed by atoms with Crippen molar-refractivity contribution in [2.45, 2.75) is 19.5 Å². The van der Waals surface area contributed by atoms with Gasteiger partial charge in [0.05, 0.1) is 13.2 Å². The molecule has 2 aliphatic heterocycles. The van der Waals surface area contributed by atoms with Gasteiger partial charge in [0.15, 0.2) is 0 Å². The third-order valence-electron chi connectivity index (χ3n) is 3.75. The van der Waals surface area contributed by atoms with Crippen molar-refractivity contribution in [2.24, 2.45) is 17.8 Å². The molecule has 3 aliphatic rings. The molecular weight excluding hydrogens is 187 g/mol. The first kappa shape index (κ1) is 9.70. The Labute approximate surface area is 78.9 Å². The van der Waals surface area contributed by atoms with Gasteiger partial charge in [-0.25, -0.2) is 0 Å². The highest BCUT2D eigenvalue weighted by atomic mass is 31.2. The molecule has 0 spiro atoms. The minimum Gasteiger partial charge on any atom is -0.394 e. The van der Waals surface area contributed by atoms with Gasteiger partial charge in [0.2, 0.25) is 7.37 Å². The van der Waals surface area contributed by atoms with Crippen molar-refractivity contribution in [3.63, 3.8) is 0 Å². The minimum atomic E-state index is -2.38. The van der Waals surface area contributed by atoms with Gasteiger partial charge < -0.3 is 9.63 Å². The average Bonchev–Trinajstić information content (AvgIpc) is 2.52. The van der Waals surface area contributed by atoms with Gasteiger partial charge in [-0.1, -0.05) is 13.8 Å². The second kappa shape index (κ2) is 3.08. The highest BCUT2D eigenvalue weighted by Gasteiger charge is 2.63. The van der Waals surface area contributed by atoms with Crippen LogP contribution in [-0.2, 0) is 9.09 Å². The van der Waals surface area contributed by atoms with Crippen LogP contribution in [0.3, 0.4) is 0 Å². The van der Waals surface area contributed by atoms with Gasteiger partial charge in [0.25, 0.3) is 0 Å². The normalized spacial score (nSPS) is 53.5. The summed E-state index contributed by atoms with van der Waals surface area (Å²) < 4.78 is 17.6. The van der Waals surface area contributed by atoms with Crippen LogP contribution in [0.4, 0.5) is 0 Å². The molecule has 1 N–H and O–H groups in total. The summed E-state index contributed by atoms with van der Waals surface area (Å²) in [6.07, 6.45) is 0.750. The quantitative estimate of drug-likeness (QED) is 0.709. The minimum absolute atomic E-state index is 0.0237. The molecule has 1 saturated carbocycles. The summed E-state index contributed by atoms with van der Waals surface area (Å²) in [5.41, 5.74) is 0.282. The molecular formula is C9H17O3P. The predicted molar refractivity (Wildman–Crippen MR) is 51.1 cm³/mol. The van der Waals surface area contributed by atoms with Gasteiger partial charge in [-0.05, 0) is 17.8 Å². The number of aliphatic hydroxyl groups is 1. The lowest BCUT2D eigenvalue weighted by Gasteiger charge is -2.39. The molecule has 0 amide bonds. The molecule has 0 radical (unpaired) electrons. The number of fused-ring (bicyclic) bond motifs is 1. The van der Waals surface area contributed by atoms with Gasteiger partial charge in [-0.3, -0.25) is 4.57 Å². The first-order chi connectivity index (χ1) is 6.10. The lowest BCUT2D eigenvalue weighted by molar-refractivity contribution is 0.150. The molecule has 3 rings (SSSR count). The van der Waals surface area contributed by atoms with Crippen molar-refractivity contribution < 1.29 is 14.2 Å². The smallest absolute Gasteiger partial charge is 0.207 e. The van der Waals surface area contributed by atoms with E-state index in [0.717, 1.165) is 6.16 Å². The van der Waals surface area contributed by atoms with Crippen LogP contribution in [0.2, 0.25) is 0 Å². The molecule has 1 aliphatic carbocycles. The van der Waals surface area contributed by atoms with Crippen LogP contribution in [-0.4, -0.2) is 30.1 Å². The Balaban J connectivity index is 2.06. The van der Waals surface area contributed by atoms with E-state index in [1.807, 2.05) is 0 Å². The van der Waals surface area contributed by atoms with Gasteiger partial charge in [-0.2, -0.15) is 0 Å². The maximum atomic E-state index is 12.2. The van der Waals surface area contributed by atoms with E-state index >= 15 is 0 Å². The molecule has 2 bridgehead atoms. The zero-order chi connectivity index (χ0) is 9.64. The molecule has 0 aromatic heterocycles. The largest absolute Gasteiger partial charge is 0.394 e. The van der Waals surface area contributed by atoms with Crippen LogP contribution in [0.15, 0.2) is 0 Å². The van der Waals surface area contributed by atoms with Gasteiger partial charge >= 0.3 is 0 Å². The van der Waals surface area contributed by atoms with E-state index in [-0.39, 0.29) is 18.9 Å². The fourth-order valence-corrected chi connectivity index (χ4v) is 7.16. The van der Waals surface area contributed by atoms with Crippen molar-refractivity contribution in [3.8, 4) is 0 Å². The Bertz CT molecular complexity index is 243. The summed E-state index contributed by atoms with van der Waals surface area (Å²) in [5.74, 6) is 1.74. The van der Waals surface area contributed by atoms with Crippen LogP contribution in [0.5, 0.6) is 0 Å². The van der Waals surface area contributed by atoms with Crippen LogP contribution in [0.1, 0.15) is 13.8 Å². The van der Waals surface area contributed by atoms with E-state index in [1.165, 1.54) is 0 Å². The van der Waals surface area contributed by atoms with E-state index in [4.69, 9.17) is 9.63 Å². The highest BCUT2D eigenvalue weighted by Crippen LogP contribution is 2.74. The summed E-state index contributed by atoms with van der Waals surface area (Å²) in [7, 11) is -2.38. The maximum Gasteiger partial charge on any atom is 0.207 e. The SMILES string of the molecule is CC1C2CP(=O)(OCCO)[C@@H]1[C@@H]2C. The first-order valence-corrected chi connectivity index (χ1v) is 6.82. The van der Waals surface area contributed by atoms with Crippen LogP contribution < -0.4 is 0 Å². The number of hydrogen-bond donors (Lipinski definition) is 1. The van der Waals surface area contributed by atoms with Crippen molar-refractivity contribution in [2.75, 3.05) is 19.4 Å². The summed E-state index contributed by atoms with van der Waals surface area (Å²) >= 11 is 0. The first-order valence-electron chi connectivity index (χ1n) is 4.94. The number of hydrogen-bond acceptors (Lipinski definition) is 3. The Morgan fingerprint density at radius 3 is 2.46 bits per heavy atom. The molecule has 2 heterocycles. The Hall–Kier alpha value is 0.150. The summed E-state index contributed by atoms with van der Waals surface area (Å²) in [4.78, 5) is 0. The van der Waals surface area contributed by atoms with Crippen molar-refractivity contribution in [1.29, 1.82) is 0 Å². The van der Waals surface area contributed by atoms with Crippen LogP contribution in [0.25, 0.3) is 0 Å². The molecule has 2 saturated heterocycles. The van der Waals surface area contributed by atoms with Gasteiger partial charge in [0.1, 0.15) is 0 Å². The number of aliphatic hydroxyl groups excluding tert-OH is 1. The molecule has 4 heteroatoms. The fraction of sp³-hybridized carbons (Fsp3) is 1.00. The predicted octanol–water partition coefficient (Wildman–Crippen LogP) is 1.56. The zero-order valence-corrected chi connectivity index (χ0v) is 9.04. The molecule has 3 nitrogen and oxygen atoms in total. The Morgan fingerprint density at radius 2 is 2.08 bits per heavy atom. The molecule has 0 aromatic rings. The van der Waals surface area contributed by atoms with Crippen molar-refractivity contribution >= 4 is 7.37 Å². The molecule has 3 unspecified atom stereocenters. The summed E-state index contributed by atoms with van der Waals surface area (Å²) in [6, 6.07) is 0. The third kappa shape index (κ3) is 1.21. The summed E-state index contributed by atoms with van der Waals surface area (Å²) in [5, 5.41) is 8.63. The van der Waals surface area contributed by atoms with E-state index in [0.29, 0.717) is 17.8 Å². The van der Waals surface area contributed by atoms with Crippen molar-refractivity contribution in [1.82, 2.24) is 0 Å². The molecule has 0 aromatic carbocycles. The monoisotopic (exact) mass is 204 g/mol. The molecule has 13 heavy (non-hydrogen) atoms. The second-order valence-electron chi connectivity index (χ2n) is 4.34. The van der Waals surface area contributed by atoms with E-state index < -0.39 is 7.37 Å². The fourth-order valence-electron chi connectivity index (χ4n) is 3.12. The lowest BCUT2D eigenvalue weighted by atomic mass is 9.68. The van der Waals surface area contributed by atoms with Crippen molar-refractivity contribution in [3.05, 3.63) is 0 Å². The van der Waals surface area contributed by atoms with Crippen LogP contribution >= 0.6 is 7.37 Å². The summed E-state index contributed by atoms with van der Waals surface area (Å²) in [6.45, 7) is 4.54. The van der Waals surface area contributed by atoms with E-state index in [2.05, 4.69) is 13.8 Å². The third-order valence-corrected chi connectivity index (χ3v) is 7.15. The lowest BCUT2D eigenvalue weighted by Crippen LogP contribution is -2.40. The van der Waals surface area contributed by atoms with E-state index in [1.54, 1.807) is 0 Å². The number of rotatable bonds is 3. The Morgan fingerprint density at radius 1 is 1.46 bits per heavy atom. The standard InChI is InChI=1S/C9H17O3P/c1-6-8-5-13(11,12-4-3-10)9(6)7(8)2/h6-10H,3-5H2,1-2H3/t6-,7?,8?,9-,13?/m1/s1. The molecule has 5 atom stereocenters. The highest BCUT2D eigenvalue weighted by molar-refractivity contribution is 7.60. The van der Waals surface area contributed by atoms with Crippen LogP contribution in [0, 0.1) is 17.8 Å². The molecule has 3 fully saturated rings. The van der Waals surface area contributed by atoms with Gasteiger partial charge in [0, 0.05) is 11.8 Å². The van der Waals surface area contributed by atoms with E-state index in [9.17, 15) is 4.57 Å². The topological polar surface area (TPSA) is 46.5 Å².